The molecule has 0 amide bonds. The second-order valence-corrected chi connectivity index (χ2v) is 6.61. The summed E-state index contributed by atoms with van der Waals surface area (Å²) in [5.74, 6) is 0. The van der Waals surface area contributed by atoms with Crippen molar-refractivity contribution in [2.45, 2.75) is 6.92 Å². The molecule has 0 N–H and O–H groups in total. The summed E-state index contributed by atoms with van der Waals surface area (Å²) in [6, 6.07) is 6.49. The number of benzene rings is 1. The van der Waals surface area contributed by atoms with Gasteiger partial charge in [-0.05, 0) is 69.1 Å². The lowest BCUT2D eigenvalue weighted by molar-refractivity contribution is 1.56. The van der Waals surface area contributed by atoms with E-state index < -0.39 is 0 Å². The molecule has 2 aromatic rings. The standard InChI is InChI=1S/C9H6I2S/c1-5-6-3-2-4-7(10)8(6)12-9(5)11/h2-4H,1H3. The van der Waals surface area contributed by atoms with E-state index in [9.17, 15) is 0 Å². The van der Waals surface area contributed by atoms with Crippen molar-refractivity contribution in [2.24, 2.45) is 0 Å². The van der Waals surface area contributed by atoms with Gasteiger partial charge in [0.15, 0.2) is 0 Å². The van der Waals surface area contributed by atoms with E-state index >= 15 is 0 Å². The Morgan fingerprint density at radius 1 is 1.25 bits per heavy atom. The first-order valence-electron chi connectivity index (χ1n) is 3.53. The zero-order chi connectivity index (χ0) is 8.72. The van der Waals surface area contributed by atoms with E-state index in [-0.39, 0.29) is 0 Å². The van der Waals surface area contributed by atoms with Crippen molar-refractivity contribution in [3.63, 3.8) is 0 Å². The monoisotopic (exact) mass is 400 g/mol. The average molecular weight is 400 g/mol. The van der Waals surface area contributed by atoms with Crippen LogP contribution in [0.15, 0.2) is 18.2 Å². The average Bonchev–Trinajstić information content (AvgIpc) is 2.32. The third kappa shape index (κ3) is 1.39. The largest absolute Gasteiger partial charge is 0.128 e. The van der Waals surface area contributed by atoms with Crippen molar-refractivity contribution in [2.75, 3.05) is 0 Å². The minimum absolute atomic E-state index is 1.36. The first-order chi connectivity index (χ1) is 5.70. The van der Waals surface area contributed by atoms with Gasteiger partial charge in [-0.25, -0.2) is 0 Å². The van der Waals surface area contributed by atoms with Crippen molar-refractivity contribution >= 4 is 66.6 Å². The highest BCUT2D eigenvalue weighted by molar-refractivity contribution is 14.1. The smallest absolute Gasteiger partial charge is 0.0695 e. The molecule has 0 aliphatic rings. The van der Waals surface area contributed by atoms with Crippen molar-refractivity contribution < 1.29 is 0 Å². The number of halogens is 2. The number of rotatable bonds is 0. The van der Waals surface area contributed by atoms with Crippen LogP contribution in [0.5, 0.6) is 0 Å². The van der Waals surface area contributed by atoms with Gasteiger partial charge in [-0.15, -0.1) is 11.3 Å². The highest BCUT2D eigenvalue weighted by atomic mass is 127. The maximum Gasteiger partial charge on any atom is 0.0695 e. The Hall–Kier alpha value is 0.640. The van der Waals surface area contributed by atoms with Gasteiger partial charge in [-0.1, -0.05) is 12.1 Å². The molecular formula is C9H6I2S. The van der Waals surface area contributed by atoms with Gasteiger partial charge in [-0.3, -0.25) is 0 Å². The molecule has 0 unspecified atom stereocenters. The van der Waals surface area contributed by atoms with Gasteiger partial charge in [-0.2, -0.15) is 0 Å². The molecular weight excluding hydrogens is 394 g/mol. The quantitative estimate of drug-likeness (QED) is 0.575. The fraction of sp³-hybridized carbons (Fsp3) is 0.111. The molecule has 0 aliphatic carbocycles. The van der Waals surface area contributed by atoms with Crippen LogP contribution in [0, 0.1) is 13.4 Å². The van der Waals surface area contributed by atoms with Crippen LogP contribution in [-0.4, -0.2) is 0 Å². The minimum Gasteiger partial charge on any atom is -0.128 e. The maximum atomic E-state index is 2.41. The van der Waals surface area contributed by atoms with Crippen LogP contribution in [0.4, 0.5) is 0 Å². The lowest BCUT2D eigenvalue weighted by atomic mass is 10.2. The first kappa shape index (κ1) is 9.21. The molecule has 3 heteroatoms. The van der Waals surface area contributed by atoms with Crippen LogP contribution in [0.2, 0.25) is 0 Å². The van der Waals surface area contributed by atoms with Crippen molar-refractivity contribution in [1.29, 1.82) is 0 Å². The zero-order valence-electron chi connectivity index (χ0n) is 6.40. The molecule has 2 rings (SSSR count). The molecule has 0 saturated heterocycles. The third-order valence-electron chi connectivity index (χ3n) is 1.86. The normalized spacial score (nSPS) is 10.9. The van der Waals surface area contributed by atoms with Gasteiger partial charge in [0.05, 0.1) is 2.88 Å². The summed E-state index contributed by atoms with van der Waals surface area (Å²) < 4.78 is 4.20. The summed E-state index contributed by atoms with van der Waals surface area (Å²) in [6.45, 7) is 2.19. The van der Waals surface area contributed by atoms with Crippen LogP contribution in [0.3, 0.4) is 0 Å². The summed E-state index contributed by atoms with van der Waals surface area (Å²) in [5.41, 5.74) is 1.43. The number of aryl methyl sites for hydroxylation is 1. The number of hydrogen-bond acceptors (Lipinski definition) is 1. The molecule has 1 heterocycles. The Kier molecular flexibility index (Phi) is 2.62. The van der Waals surface area contributed by atoms with E-state index in [0.717, 1.165) is 0 Å². The third-order valence-corrected chi connectivity index (χ3v) is 5.72. The summed E-state index contributed by atoms with van der Waals surface area (Å²) in [5, 5.41) is 1.41. The fourth-order valence-corrected chi connectivity index (χ4v) is 3.90. The predicted octanol–water partition coefficient (Wildman–Crippen LogP) is 4.42. The molecule has 0 aliphatic heterocycles. The molecule has 0 fully saturated rings. The number of hydrogen-bond donors (Lipinski definition) is 0. The number of thiophene rings is 1. The van der Waals surface area contributed by atoms with Crippen molar-refractivity contribution in [1.82, 2.24) is 0 Å². The molecule has 1 aromatic heterocycles. The SMILES string of the molecule is Cc1c(I)sc2c(I)cccc12. The van der Waals surface area contributed by atoms with E-state index in [1.54, 1.807) is 0 Å². The molecule has 62 valence electrons. The zero-order valence-corrected chi connectivity index (χ0v) is 11.5. The van der Waals surface area contributed by atoms with E-state index in [4.69, 9.17) is 0 Å². The second-order valence-electron chi connectivity index (χ2n) is 2.62. The second kappa shape index (κ2) is 3.42. The Labute approximate surface area is 103 Å². The maximum absolute atomic E-state index is 2.41. The first-order valence-corrected chi connectivity index (χ1v) is 6.50. The fourth-order valence-electron chi connectivity index (χ4n) is 1.18. The molecule has 12 heavy (non-hydrogen) atoms. The topological polar surface area (TPSA) is 0 Å². The van der Waals surface area contributed by atoms with Crippen LogP contribution in [0.25, 0.3) is 10.1 Å². The van der Waals surface area contributed by atoms with E-state index in [1.165, 1.54) is 22.1 Å². The Morgan fingerprint density at radius 2 is 2.00 bits per heavy atom. The van der Waals surface area contributed by atoms with E-state index in [2.05, 4.69) is 70.3 Å². The van der Waals surface area contributed by atoms with Gasteiger partial charge in [0.1, 0.15) is 0 Å². The van der Waals surface area contributed by atoms with Crippen LogP contribution in [0.1, 0.15) is 5.56 Å². The highest BCUT2D eigenvalue weighted by Crippen LogP contribution is 2.34. The summed E-state index contributed by atoms with van der Waals surface area (Å²) in [6.07, 6.45) is 0. The molecule has 0 bridgehead atoms. The highest BCUT2D eigenvalue weighted by Gasteiger charge is 2.06. The molecule has 0 saturated carbocycles. The van der Waals surface area contributed by atoms with Gasteiger partial charge in [0.25, 0.3) is 0 Å². The van der Waals surface area contributed by atoms with Crippen LogP contribution in [-0.2, 0) is 0 Å². The Balaban J connectivity index is 2.95. The van der Waals surface area contributed by atoms with E-state index in [1.807, 2.05) is 11.3 Å². The Bertz CT molecular complexity index is 431. The van der Waals surface area contributed by atoms with Crippen molar-refractivity contribution in [3.8, 4) is 0 Å². The molecule has 0 atom stereocenters. The number of fused-ring (bicyclic) bond motifs is 1. The van der Waals surface area contributed by atoms with Gasteiger partial charge >= 0.3 is 0 Å². The van der Waals surface area contributed by atoms with Crippen LogP contribution >= 0.6 is 56.5 Å². The van der Waals surface area contributed by atoms with Crippen LogP contribution < -0.4 is 0 Å². The Morgan fingerprint density at radius 3 is 2.67 bits per heavy atom. The molecule has 0 nitrogen and oxygen atoms in total. The minimum atomic E-state index is 1.36. The lowest BCUT2D eigenvalue weighted by Gasteiger charge is -1.92. The van der Waals surface area contributed by atoms with E-state index in [0.29, 0.717) is 0 Å². The summed E-state index contributed by atoms with van der Waals surface area (Å²) >= 11 is 6.69. The van der Waals surface area contributed by atoms with Crippen molar-refractivity contribution in [3.05, 3.63) is 30.2 Å². The lowest BCUT2D eigenvalue weighted by Crippen LogP contribution is -1.71. The molecule has 0 radical (unpaired) electrons. The predicted molar refractivity (Wildman–Crippen MR) is 72.0 cm³/mol. The summed E-state index contributed by atoms with van der Waals surface area (Å²) in [4.78, 5) is 0. The molecule has 0 spiro atoms. The van der Waals surface area contributed by atoms with Gasteiger partial charge < -0.3 is 0 Å². The van der Waals surface area contributed by atoms with Gasteiger partial charge in [0.2, 0.25) is 0 Å². The van der Waals surface area contributed by atoms with Gasteiger partial charge in [0, 0.05) is 8.27 Å². The molecule has 1 aromatic carbocycles. The summed E-state index contributed by atoms with van der Waals surface area (Å²) in [7, 11) is 0.